The van der Waals surface area contributed by atoms with Gasteiger partial charge >= 0.3 is 0 Å². The van der Waals surface area contributed by atoms with Gasteiger partial charge in [0.1, 0.15) is 6.04 Å². The van der Waals surface area contributed by atoms with Gasteiger partial charge in [-0.15, -0.1) is 0 Å². The molecule has 2 amide bonds. The van der Waals surface area contributed by atoms with Crippen LogP contribution >= 0.6 is 0 Å². The van der Waals surface area contributed by atoms with Crippen LogP contribution in [0.5, 0.6) is 11.5 Å². The summed E-state index contributed by atoms with van der Waals surface area (Å²) in [5.74, 6) is 0.848. The Balaban J connectivity index is 1.87. The molecule has 22 heavy (non-hydrogen) atoms. The van der Waals surface area contributed by atoms with Crippen molar-refractivity contribution in [1.29, 1.82) is 0 Å². The lowest BCUT2D eigenvalue weighted by atomic mass is 10.2. The maximum absolute atomic E-state index is 11.8. The second-order valence-electron chi connectivity index (χ2n) is 4.97. The average molecular weight is 304 g/mol. The first kappa shape index (κ1) is 15.9. The first-order chi connectivity index (χ1) is 10.6. The van der Waals surface area contributed by atoms with Crippen molar-refractivity contribution in [1.82, 2.24) is 10.6 Å². The third kappa shape index (κ3) is 4.25. The molecule has 0 bridgehead atoms. The fourth-order valence-electron chi connectivity index (χ4n) is 1.92. The molecular weight excluding hydrogens is 284 g/mol. The van der Waals surface area contributed by atoms with Crippen molar-refractivity contribution in [2.75, 3.05) is 13.3 Å². The van der Waals surface area contributed by atoms with Crippen LogP contribution in [0.4, 0.5) is 0 Å². The fourth-order valence-corrected chi connectivity index (χ4v) is 1.92. The summed E-state index contributed by atoms with van der Waals surface area (Å²) in [6, 6.07) is 4.85. The van der Waals surface area contributed by atoms with Crippen molar-refractivity contribution in [2.45, 2.75) is 26.3 Å². The normalized spacial score (nSPS) is 13.9. The lowest BCUT2D eigenvalue weighted by Gasteiger charge is -2.12. The van der Waals surface area contributed by atoms with Crippen LogP contribution in [0.15, 0.2) is 24.3 Å². The van der Waals surface area contributed by atoms with Gasteiger partial charge in [-0.25, -0.2) is 0 Å². The minimum atomic E-state index is -0.569. The van der Waals surface area contributed by atoms with E-state index in [-0.39, 0.29) is 18.6 Å². The quantitative estimate of drug-likeness (QED) is 0.780. The van der Waals surface area contributed by atoms with Crippen LogP contribution in [0.3, 0.4) is 0 Å². The molecule has 0 aromatic heterocycles. The van der Waals surface area contributed by atoms with Crippen molar-refractivity contribution in [3.05, 3.63) is 29.8 Å². The summed E-state index contributed by atoms with van der Waals surface area (Å²) in [5.41, 5.74) is 0.822. The first-order valence-corrected chi connectivity index (χ1v) is 7.26. The number of benzene rings is 1. The highest BCUT2D eigenvalue weighted by Crippen LogP contribution is 2.32. The highest BCUT2D eigenvalue weighted by atomic mass is 16.7. The molecule has 6 nitrogen and oxygen atoms in total. The van der Waals surface area contributed by atoms with E-state index in [1.807, 2.05) is 13.0 Å². The molecule has 0 unspecified atom stereocenters. The van der Waals surface area contributed by atoms with Gasteiger partial charge in [0.05, 0.1) is 0 Å². The third-order valence-electron chi connectivity index (χ3n) is 3.13. The summed E-state index contributed by atoms with van der Waals surface area (Å²) < 4.78 is 10.5. The van der Waals surface area contributed by atoms with Gasteiger partial charge in [-0.05, 0) is 37.1 Å². The van der Waals surface area contributed by atoms with E-state index in [0.29, 0.717) is 18.0 Å². The molecular formula is C16H20N2O4. The molecule has 0 saturated carbocycles. The fraction of sp³-hybridized carbons (Fsp3) is 0.375. The molecule has 1 heterocycles. The van der Waals surface area contributed by atoms with Gasteiger partial charge in [0, 0.05) is 12.6 Å². The smallest absolute Gasteiger partial charge is 0.244 e. The van der Waals surface area contributed by atoms with Crippen LogP contribution in [0.2, 0.25) is 0 Å². The van der Waals surface area contributed by atoms with Crippen molar-refractivity contribution in [3.8, 4) is 11.5 Å². The first-order valence-electron chi connectivity index (χ1n) is 7.26. The molecule has 0 saturated heterocycles. The molecule has 0 fully saturated rings. The van der Waals surface area contributed by atoms with E-state index in [9.17, 15) is 9.59 Å². The lowest BCUT2D eigenvalue weighted by molar-refractivity contribution is -0.126. The van der Waals surface area contributed by atoms with Crippen LogP contribution in [0, 0.1) is 0 Å². The van der Waals surface area contributed by atoms with Gasteiger partial charge in [0.25, 0.3) is 0 Å². The Morgan fingerprint density at radius 2 is 2.09 bits per heavy atom. The predicted octanol–water partition coefficient (Wildman–Crippen LogP) is 1.46. The maximum atomic E-state index is 11.8. The zero-order valence-corrected chi connectivity index (χ0v) is 12.7. The summed E-state index contributed by atoms with van der Waals surface area (Å²) in [5, 5.41) is 5.35. The van der Waals surface area contributed by atoms with Crippen molar-refractivity contribution in [3.63, 3.8) is 0 Å². The van der Waals surface area contributed by atoms with Crippen LogP contribution < -0.4 is 20.1 Å². The maximum Gasteiger partial charge on any atom is 0.244 e. The van der Waals surface area contributed by atoms with E-state index in [4.69, 9.17) is 9.47 Å². The Morgan fingerprint density at radius 1 is 1.32 bits per heavy atom. The van der Waals surface area contributed by atoms with Crippen LogP contribution in [-0.4, -0.2) is 31.2 Å². The molecule has 0 spiro atoms. The monoisotopic (exact) mass is 304 g/mol. The Morgan fingerprint density at radius 3 is 2.86 bits per heavy atom. The van der Waals surface area contributed by atoms with Crippen molar-refractivity contribution in [2.24, 2.45) is 0 Å². The largest absolute Gasteiger partial charge is 0.454 e. The molecule has 0 radical (unpaired) electrons. The summed E-state index contributed by atoms with van der Waals surface area (Å²) in [4.78, 5) is 23.5. The Kier molecular flexibility index (Phi) is 5.41. The molecule has 2 rings (SSSR count). The number of hydrogen-bond acceptors (Lipinski definition) is 4. The predicted molar refractivity (Wildman–Crippen MR) is 82.5 cm³/mol. The number of amides is 2. The van der Waals surface area contributed by atoms with Crippen molar-refractivity contribution >= 4 is 17.9 Å². The van der Waals surface area contributed by atoms with Crippen molar-refractivity contribution < 1.29 is 19.1 Å². The van der Waals surface area contributed by atoms with Gasteiger partial charge in [-0.1, -0.05) is 13.0 Å². The number of carbonyl (C=O) groups excluding carboxylic acids is 2. The summed E-state index contributed by atoms with van der Waals surface area (Å²) in [6.07, 6.45) is 3.91. The van der Waals surface area contributed by atoms with E-state index < -0.39 is 6.04 Å². The lowest BCUT2D eigenvalue weighted by Crippen LogP contribution is -2.44. The molecule has 1 aliphatic heterocycles. The summed E-state index contributed by atoms with van der Waals surface area (Å²) in [6.45, 7) is 4.44. The molecule has 118 valence electrons. The average Bonchev–Trinajstić information content (AvgIpc) is 2.98. The second-order valence-corrected chi connectivity index (χ2v) is 4.97. The van der Waals surface area contributed by atoms with Crippen LogP contribution in [0.25, 0.3) is 6.08 Å². The molecule has 1 aromatic rings. The standard InChI is InChI=1S/C16H20N2O4/c1-3-8-17-16(20)11(2)18-15(19)7-5-12-4-6-13-14(9-12)22-10-21-13/h4-7,9,11H,3,8,10H2,1-2H3,(H,17,20)(H,18,19)/b7-5+/t11-/m1/s1. The molecule has 6 heteroatoms. The molecule has 1 aliphatic rings. The topological polar surface area (TPSA) is 76.7 Å². The van der Waals surface area contributed by atoms with E-state index in [2.05, 4.69) is 10.6 Å². The summed E-state index contributed by atoms with van der Waals surface area (Å²) >= 11 is 0. The van der Waals surface area contributed by atoms with Crippen LogP contribution in [0.1, 0.15) is 25.8 Å². The third-order valence-corrected chi connectivity index (χ3v) is 3.13. The number of ether oxygens (including phenoxy) is 2. The minimum absolute atomic E-state index is 0.188. The van der Waals surface area contributed by atoms with Gasteiger partial charge in [-0.3, -0.25) is 9.59 Å². The Labute approximate surface area is 129 Å². The van der Waals surface area contributed by atoms with Crippen LogP contribution in [-0.2, 0) is 9.59 Å². The molecule has 1 atom stereocenters. The highest BCUT2D eigenvalue weighted by Gasteiger charge is 2.14. The molecule has 0 aliphatic carbocycles. The van der Waals surface area contributed by atoms with E-state index in [1.54, 1.807) is 25.1 Å². The number of nitrogens with one attached hydrogen (secondary N) is 2. The molecule has 2 N–H and O–H groups in total. The van der Waals surface area contributed by atoms with E-state index >= 15 is 0 Å². The summed E-state index contributed by atoms with van der Waals surface area (Å²) in [7, 11) is 0. The Hall–Kier alpha value is -2.50. The highest BCUT2D eigenvalue weighted by molar-refractivity contribution is 5.95. The minimum Gasteiger partial charge on any atom is -0.454 e. The van der Waals surface area contributed by atoms with Gasteiger partial charge in [0.15, 0.2) is 11.5 Å². The van der Waals surface area contributed by atoms with Gasteiger partial charge < -0.3 is 20.1 Å². The number of hydrogen-bond donors (Lipinski definition) is 2. The Bertz CT molecular complexity index is 584. The zero-order chi connectivity index (χ0) is 15.9. The van der Waals surface area contributed by atoms with E-state index in [0.717, 1.165) is 12.0 Å². The number of rotatable bonds is 6. The number of fused-ring (bicyclic) bond motifs is 1. The second kappa shape index (κ2) is 7.49. The van der Waals surface area contributed by atoms with Gasteiger partial charge in [0.2, 0.25) is 18.6 Å². The SMILES string of the molecule is CCCNC(=O)[C@@H](C)NC(=O)/C=C/c1ccc2c(c1)OCO2. The molecule has 1 aromatic carbocycles. The van der Waals surface area contributed by atoms with E-state index in [1.165, 1.54) is 6.08 Å². The van der Waals surface area contributed by atoms with Gasteiger partial charge in [-0.2, -0.15) is 0 Å². The number of carbonyl (C=O) groups is 2. The zero-order valence-electron chi connectivity index (χ0n) is 12.7.